The number of fused-ring (bicyclic) bond motifs is 1. The monoisotopic (exact) mass is 155 g/mol. The number of hydrogen-bond donors (Lipinski definition) is 1. The topological polar surface area (TPSA) is 38.3 Å². The first kappa shape index (κ1) is 7.10. The Morgan fingerprint density at radius 1 is 1.55 bits per heavy atom. The van der Waals surface area contributed by atoms with Crippen LogP contribution < -0.4 is 5.32 Å². The molecule has 0 aromatic carbocycles. The first-order valence-corrected chi connectivity index (χ1v) is 4.14. The fraction of sp³-hybridized carbons (Fsp3) is 0.875. The molecule has 1 aliphatic heterocycles. The van der Waals surface area contributed by atoms with Gasteiger partial charge in [0.25, 0.3) is 0 Å². The summed E-state index contributed by atoms with van der Waals surface area (Å²) in [6.07, 6.45) is 2.47. The van der Waals surface area contributed by atoms with Gasteiger partial charge in [0, 0.05) is 0 Å². The Bertz CT molecular complexity index is 181. The lowest BCUT2D eigenvalue weighted by atomic mass is 9.73. The van der Waals surface area contributed by atoms with Crippen molar-refractivity contribution in [3.8, 4) is 0 Å². The van der Waals surface area contributed by atoms with Crippen molar-refractivity contribution in [2.45, 2.75) is 18.9 Å². The molecule has 0 spiro atoms. The highest BCUT2D eigenvalue weighted by atomic mass is 16.5. The highest BCUT2D eigenvalue weighted by molar-refractivity contribution is 5.76. The van der Waals surface area contributed by atoms with Crippen molar-refractivity contribution in [3.63, 3.8) is 0 Å². The predicted molar refractivity (Wildman–Crippen MR) is 40.0 cm³/mol. The molecule has 11 heavy (non-hydrogen) atoms. The zero-order valence-electron chi connectivity index (χ0n) is 6.67. The summed E-state index contributed by atoms with van der Waals surface area (Å²) in [6.45, 7) is 1.00. The molecule has 2 aliphatic rings. The van der Waals surface area contributed by atoms with E-state index in [4.69, 9.17) is 0 Å². The van der Waals surface area contributed by atoms with Crippen LogP contribution in [-0.4, -0.2) is 25.7 Å². The number of methoxy groups -OCH3 is 1. The molecule has 1 saturated heterocycles. The highest BCUT2D eigenvalue weighted by Gasteiger charge is 2.45. The number of esters is 1. The van der Waals surface area contributed by atoms with Crippen LogP contribution in [0.1, 0.15) is 12.8 Å². The normalized spacial score (nSPS) is 41.0. The van der Waals surface area contributed by atoms with Gasteiger partial charge in [0.15, 0.2) is 0 Å². The molecule has 3 nitrogen and oxygen atoms in total. The molecule has 1 heterocycles. The molecular formula is C8H13NO2. The molecule has 3 atom stereocenters. The number of carbonyl (C=O) groups excluding carboxylic acids is 1. The number of carbonyl (C=O) groups is 1. The van der Waals surface area contributed by atoms with Crippen LogP contribution in [0.4, 0.5) is 0 Å². The van der Waals surface area contributed by atoms with Crippen LogP contribution in [0.25, 0.3) is 0 Å². The number of nitrogens with one attached hydrogen (secondary N) is 1. The van der Waals surface area contributed by atoms with Crippen LogP contribution >= 0.6 is 0 Å². The van der Waals surface area contributed by atoms with Crippen LogP contribution in [0.15, 0.2) is 0 Å². The quantitative estimate of drug-likeness (QED) is 0.548. The van der Waals surface area contributed by atoms with Crippen LogP contribution in [-0.2, 0) is 9.53 Å². The summed E-state index contributed by atoms with van der Waals surface area (Å²) in [5.41, 5.74) is 0. The van der Waals surface area contributed by atoms with Crippen molar-refractivity contribution in [1.29, 1.82) is 0 Å². The Kier molecular flexibility index (Phi) is 1.60. The van der Waals surface area contributed by atoms with E-state index >= 15 is 0 Å². The van der Waals surface area contributed by atoms with E-state index in [1.807, 2.05) is 0 Å². The van der Waals surface area contributed by atoms with Crippen LogP contribution in [0.3, 0.4) is 0 Å². The third-order valence-electron chi connectivity index (χ3n) is 2.96. The van der Waals surface area contributed by atoms with Crippen LogP contribution in [0, 0.1) is 11.8 Å². The maximum atomic E-state index is 11.1. The van der Waals surface area contributed by atoms with Crippen molar-refractivity contribution in [1.82, 2.24) is 5.32 Å². The molecule has 3 heteroatoms. The molecule has 1 saturated carbocycles. The second kappa shape index (κ2) is 2.48. The molecule has 0 bridgehead atoms. The second-order valence-electron chi connectivity index (χ2n) is 3.41. The molecule has 62 valence electrons. The standard InChI is InChI=1S/C8H13NO2/c1-11-8(10)7-6-3-2-5(6)4-9-7/h5-7,9H,2-4H2,1H3/t5-,6-,7-/m1/s1. The summed E-state index contributed by atoms with van der Waals surface area (Å²) in [5, 5.41) is 3.19. The summed E-state index contributed by atoms with van der Waals surface area (Å²) in [5.74, 6) is 1.23. The Balaban J connectivity index is 2.00. The molecule has 0 unspecified atom stereocenters. The number of rotatable bonds is 1. The fourth-order valence-electron chi connectivity index (χ4n) is 2.10. The van der Waals surface area contributed by atoms with Gasteiger partial charge in [0.05, 0.1) is 7.11 Å². The lowest BCUT2D eigenvalue weighted by Crippen LogP contribution is -2.39. The van der Waals surface area contributed by atoms with E-state index in [0.717, 1.165) is 12.5 Å². The van der Waals surface area contributed by atoms with E-state index in [0.29, 0.717) is 5.92 Å². The minimum absolute atomic E-state index is 0.00116. The van der Waals surface area contributed by atoms with E-state index < -0.39 is 0 Å². The van der Waals surface area contributed by atoms with E-state index in [1.54, 1.807) is 0 Å². The highest BCUT2D eigenvalue weighted by Crippen LogP contribution is 2.40. The third kappa shape index (κ3) is 0.948. The summed E-state index contributed by atoms with van der Waals surface area (Å²) >= 11 is 0. The molecule has 1 N–H and O–H groups in total. The van der Waals surface area contributed by atoms with Gasteiger partial charge in [-0.2, -0.15) is 0 Å². The van der Waals surface area contributed by atoms with Crippen molar-refractivity contribution >= 4 is 5.97 Å². The Morgan fingerprint density at radius 2 is 2.36 bits per heavy atom. The minimum Gasteiger partial charge on any atom is -0.468 e. The van der Waals surface area contributed by atoms with Gasteiger partial charge in [-0.15, -0.1) is 0 Å². The first-order valence-electron chi connectivity index (χ1n) is 4.14. The lowest BCUT2D eigenvalue weighted by molar-refractivity contribution is -0.144. The van der Waals surface area contributed by atoms with Gasteiger partial charge in [0.2, 0.25) is 0 Å². The molecule has 1 aliphatic carbocycles. The SMILES string of the molecule is COC(=O)[C@@H]1NC[C@H]2CC[C@H]21. The number of hydrogen-bond acceptors (Lipinski definition) is 3. The molecule has 0 amide bonds. The molecule has 0 aromatic rings. The fourth-order valence-corrected chi connectivity index (χ4v) is 2.10. The van der Waals surface area contributed by atoms with Crippen molar-refractivity contribution < 1.29 is 9.53 Å². The number of ether oxygens (including phenoxy) is 1. The minimum atomic E-state index is -0.0859. The second-order valence-corrected chi connectivity index (χ2v) is 3.41. The average molecular weight is 155 g/mol. The summed E-state index contributed by atoms with van der Waals surface area (Å²) in [6, 6.07) is -0.00116. The smallest absolute Gasteiger partial charge is 0.323 e. The van der Waals surface area contributed by atoms with Crippen molar-refractivity contribution in [3.05, 3.63) is 0 Å². The summed E-state index contributed by atoms with van der Waals surface area (Å²) in [4.78, 5) is 11.1. The third-order valence-corrected chi connectivity index (χ3v) is 2.96. The van der Waals surface area contributed by atoms with Crippen molar-refractivity contribution in [2.24, 2.45) is 11.8 Å². The van der Waals surface area contributed by atoms with Gasteiger partial charge in [-0.1, -0.05) is 0 Å². The zero-order valence-corrected chi connectivity index (χ0v) is 6.67. The Hall–Kier alpha value is -0.570. The maximum absolute atomic E-state index is 11.1. The average Bonchev–Trinajstić information content (AvgIpc) is 2.25. The Labute approximate surface area is 66.1 Å². The van der Waals surface area contributed by atoms with E-state index in [-0.39, 0.29) is 12.0 Å². The molecule has 2 fully saturated rings. The van der Waals surface area contributed by atoms with Gasteiger partial charge < -0.3 is 10.1 Å². The van der Waals surface area contributed by atoms with Crippen molar-refractivity contribution in [2.75, 3.05) is 13.7 Å². The van der Waals surface area contributed by atoms with Gasteiger partial charge in [-0.3, -0.25) is 4.79 Å². The largest absolute Gasteiger partial charge is 0.468 e. The molecular weight excluding hydrogens is 142 g/mol. The first-order chi connectivity index (χ1) is 5.33. The predicted octanol–water partition coefficient (Wildman–Crippen LogP) is 0.157. The van der Waals surface area contributed by atoms with E-state index in [1.165, 1.54) is 20.0 Å². The molecule has 0 radical (unpaired) electrons. The molecule has 2 rings (SSSR count). The Morgan fingerprint density at radius 3 is 2.82 bits per heavy atom. The van der Waals surface area contributed by atoms with E-state index in [2.05, 4.69) is 10.1 Å². The van der Waals surface area contributed by atoms with Crippen LogP contribution in [0.2, 0.25) is 0 Å². The lowest BCUT2D eigenvalue weighted by Gasteiger charge is -2.31. The van der Waals surface area contributed by atoms with Crippen LogP contribution in [0.5, 0.6) is 0 Å². The summed E-state index contributed by atoms with van der Waals surface area (Å²) < 4.78 is 4.69. The molecule has 0 aromatic heterocycles. The van der Waals surface area contributed by atoms with E-state index in [9.17, 15) is 4.79 Å². The van der Waals surface area contributed by atoms with Gasteiger partial charge in [0.1, 0.15) is 6.04 Å². The summed E-state index contributed by atoms with van der Waals surface area (Å²) in [7, 11) is 1.45. The van der Waals surface area contributed by atoms with Gasteiger partial charge in [-0.05, 0) is 31.2 Å². The van der Waals surface area contributed by atoms with Gasteiger partial charge >= 0.3 is 5.97 Å². The van der Waals surface area contributed by atoms with Gasteiger partial charge in [-0.25, -0.2) is 0 Å². The zero-order chi connectivity index (χ0) is 7.84. The maximum Gasteiger partial charge on any atom is 0.323 e.